The zero-order valence-corrected chi connectivity index (χ0v) is 12.0. The van der Waals surface area contributed by atoms with Crippen LogP contribution in [0, 0.1) is 0 Å². The molecule has 0 aliphatic heterocycles. The minimum atomic E-state index is 0.561. The smallest absolute Gasteiger partial charge is 0.199 e. The van der Waals surface area contributed by atoms with Crippen molar-refractivity contribution in [1.82, 2.24) is 25.1 Å². The van der Waals surface area contributed by atoms with Gasteiger partial charge < -0.3 is 5.32 Å². The van der Waals surface area contributed by atoms with Crippen molar-refractivity contribution >= 4 is 21.7 Å². The van der Waals surface area contributed by atoms with Crippen LogP contribution in [0.3, 0.4) is 0 Å². The van der Waals surface area contributed by atoms with Crippen LogP contribution in [0.5, 0.6) is 0 Å². The normalized spacial score (nSPS) is 10.6. The van der Waals surface area contributed by atoms with E-state index in [9.17, 15) is 0 Å². The molecule has 0 fully saturated rings. The number of hydrogen-bond acceptors (Lipinski definition) is 5. The van der Waals surface area contributed by atoms with Gasteiger partial charge in [-0.15, -0.1) is 0 Å². The highest BCUT2D eigenvalue weighted by Crippen LogP contribution is 2.26. The fraction of sp³-hybridized carbons (Fsp3) is 0.455. The second-order valence-corrected chi connectivity index (χ2v) is 4.56. The molecular formula is C11H15BrN6. The van der Waals surface area contributed by atoms with Gasteiger partial charge in [-0.3, -0.25) is 5.10 Å². The summed E-state index contributed by atoms with van der Waals surface area (Å²) in [4.78, 5) is 13.0. The highest BCUT2D eigenvalue weighted by atomic mass is 79.9. The highest BCUT2D eigenvalue weighted by molar-refractivity contribution is 9.10. The summed E-state index contributed by atoms with van der Waals surface area (Å²) in [6, 6.07) is 0. The van der Waals surface area contributed by atoms with Gasteiger partial charge in [0, 0.05) is 6.54 Å². The maximum Gasteiger partial charge on any atom is 0.199 e. The average molecular weight is 311 g/mol. The number of aromatic amines is 1. The zero-order chi connectivity index (χ0) is 13.0. The summed E-state index contributed by atoms with van der Waals surface area (Å²) in [5, 5.41) is 9.88. The SMILES string of the molecule is CCCNc1nc(-c2ncn[nH]2)nc(CC)c1Br. The Labute approximate surface area is 114 Å². The molecule has 96 valence electrons. The molecule has 0 saturated heterocycles. The number of nitrogens with one attached hydrogen (secondary N) is 2. The van der Waals surface area contributed by atoms with Crippen LogP contribution in [0.2, 0.25) is 0 Å². The van der Waals surface area contributed by atoms with E-state index in [1.54, 1.807) is 0 Å². The molecule has 2 N–H and O–H groups in total. The molecule has 0 saturated carbocycles. The first kappa shape index (κ1) is 12.9. The van der Waals surface area contributed by atoms with Gasteiger partial charge in [-0.1, -0.05) is 13.8 Å². The van der Waals surface area contributed by atoms with Gasteiger partial charge in [-0.05, 0) is 28.8 Å². The van der Waals surface area contributed by atoms with Crippen LogP contribution in [-0.2, 0) is 6.42 Å². The van der Waals surface area contributed by atoms with Crippen molar-refractivity contribution in [2.24, 2.45) is 0 Å². The summed E-state index contributed by atoms with van der Waals surface area (Å²) >= 11 is 3.54. The molecule has 2 heterocycles. The van der Waals surface area contributed by atoms with Crippen molar-refractivity contribution in [3.8, 4) is 11.6 Å². The van der Waals surface area contributed by atoms with E-state index in [4.69, 9.17) is 0 Å². The van der Waals surface area contributed by atoms with Crippen molar-refractivity contribution in [3.05, 3.63) is 16.5 Å². The number of anilines is 1. The molecule has 0 amide bonds. The summed E-state index contributed by atoms with van der Waals surface area (Å²) in [6.45, 7) is 5.04. The van der Waals surface area contributed by atoms with E-state index in [0.717, 1.165) is 35.4 Å². The Hall–Kier alpha value is -1.50. The molecule has 0 aliphatic carbocycles. The third kappa shape index (κ3) is 2.66. The summed E-state index contributed by atoms with van der Waals surface area (Å²) in [6.07, 6.45) is 3.31. The van der Waals surface area contributed by atoms with E-state index in [1.165, 1.54) is 6.33 Å². The number of aryl methyl sites for hydroxylation is 1. The predicted molar refractivity (Wildman–Crippen MR) is 73.3 cm³/mol. The van der Waals surface area contributed by atoms with Crippen LogP contribution in [-0.4, -0.2) is 31.7 Å². The second-order valence-electron chi connectivity index (χ2n) is 3.77. The van der Waals surface area contributed by atoms with Crippen LogP contribution < -0.4 is 5.32 Å². The number of aromatic nitrogens is 5. The van der Waals surface area contributed by atoms with Crippen molar-refractivity contribution in [2.45, 2.75) is 26.7 Å². The Morgan fingerprint density at radius 1 is 1.33 bits per heavy atom. The lowest BCUT2D eigenvalue weighted by Crippen LogP contribution is -2.07. The van der Waals surface area contributed by atoms with Crippen LogP contribution in [0.25, 0.3) is 11.6 Å². The van der Waals surface area contributed by atoms with E-state index in [1.807, 2.05) is 0 Å². The molecule has 6 nitrogen and oxygen atoms in total. The highest BCUT2D eigenvalue weighted by Gasteiger charge is 2.13. The van der Waals surface area contributed by atoms with Crippen LogP contribution >= 0.6 is 15.9 Å². The number of rotatable bonds is 5. The van der Waals surface area contributed by atoms with Crippen molar-refractivity contribution in [3.63, 3.8) is 0 Å². The predicted octanol–water partition coefficient (Wildman–Crippen LogP) is 2.41. The minimum absolute atomic E-state index is 0.561. The fourth-order valence-corrected chi connectivity index (χ4v) is 2.11. The minimum Gasteiger partial charge on any atom is -0.369 e. The van der Waals surface area contributed by atoms with Crippen LogP contribution in [0.15, 0.2) is 10.8 Å². The van der Waals surface area contributed by atoms with E-state index >= 15 is 0 Å². The summed E-state index contributed by atoms with van der Waals surface area (Å²) in [5.41, 5.74) is 0.954. The molecule has 0 spiro atoms. The maximum absolute atomic E-state index is 4.47. The fourth-order valence-electron chi connectivity index (χ4n) is 1.51. The van der Waals surface area contributed by atoms with Crippen LogP contribution in [0.4, 0.5) is 5.82 Å². The van der Waals surface area contributed by atoms with E-state index < -0.39 is 0 Å². The van der Waals surface area contributed by atoms with E-state index in [2.05, 4.69) is 60.2 Å². The lowest BCUT2D eigenvalue weighted by molar-refractivity contribution is 0.936. The third-order valence-electron chi connectivity index (χ3n) is 2.42. The topological polar surface area (TPSA) is 79.4 Å². The van der Waals surface area contributed by atoms with Gasteiger partial charge >= 0.3 is 0 Å². The van der Waals surface area contributed by atoms with Gasteiger partial charge in [-0.2, -0.15) is 5.10 Å². The molecule has 2 aromatic heterocycles. The van der Waals surface area contributed by atoms with Gasteiger partial charge in [0.25, 0.3) is 0 Å². The van der Waals surface area contributed by atoms with Crippen LogP contribution in [0.1, 0.15) is 26.0 Å². The monoisotopic (exact) mass is 310 g/mol. The van der Waals surface area contributed by atoms with Gasteiger partial charge in [0.1, 0.15) is 12.1 Å². The molecule has 0 atom stereocenters. The largest absolute Gasteiger partial charge is 0.369 e. The molecule has 0 unspecified atom stereocenters. The molecule has 7 heteroatoms. The number of nitrogens with zero attached hydrogens (tertiary/aromatic N) is 4. The Balaban J connectivity index is 2.42. The second kappa shape index (κ2) is 5.90. The Bertz CT molecular complexity index is 511. The molecule has 0 aliphatic rings. The molecule has 0 aromatic carbocycles. The first-order chi connectivity index (χ1) is 8.76. The lowest BCUT2D eigenvalue weighted by atomic mass is 10.3. The third-order valence-corrected chi connectivity index (χ3v) is 3.26. The Kier molecular flexibility index (Phi) is 4.24. The molecule has 2 rings (SSSR count). The summed E-state index contributed by atoms with van der Waals surface area (Å²) in [7, 11) is 0. The van der Waals surface area contributed by atoms with Crippen molar-refractivity contribution < 1.29 is 0 Å². The van der Waals surface area contributed by atoms with Crippen molar-refractivity contribution in [2.75, 3.05) is 11.9 Å². The average Bonchev–Trinajstić information content (AvgIpc) is 2.91. The van der Waals surface area contributed by atoms with E-state index in [-0.39, 0.29) is 0 Å². The maximum atomic E-state index is 4.47. The number of halogens is 1. The molecule has 2 aromatic rings. The Morgan fingerprint density at radius 3 is 2.78 bits per heavy atom. The van der Waals surface area contributed by atoms with Gasteiger partial charge in [0.2, 0.25) is 0 Å². The number of H-pyrrole nitrogens is 1. The first-order valence-electron chi connectivity index (χ1n) is 5.92. The van der Waals surface area contributed by atoms with E-state index in [0.29, 0.717) is 11.6 Å². The molecule has 0 bridgehead atoms. The molecular weight excluding hydrogens is 296 g/mol. The first-order valence-corrected chi connectivity index (χ1v) is 6.71. The lowest BCUT2D eigenvalue weighted by Gasteiger charge is -2.10. The van der Waals surface area contributed by atoms with Gasteiger partial charge in [0.15, 0.2) is 11.6 Å². The summed E-state index contributed by atoms with van der Waals surface area (Å²) in [5.74, 6) is 1.94. The van der Waals surface area contributed by atoms with Gasteiger partial charge in [0.05, 0.1) is 10.2 Å². The quantitative estimate of drug-likeness (QED) is 0.886. The molecule has 0 radical (unpaired) electrons. The Morgan fingerprint density at radius 2 is 2.17 bits per heavy atom. The molecule has 18 heavy (non-hydrogen) atoms. The zero-order valence-electron chi connectivity index (χ0n) is 10.4. The standard InChI is InChI=1S/C11H15BrN6/c1-3-5-13-9-8(12)7(4-2)16-11(17-9)10-14-6-15-18-10/h6H,3-5H2,1-2H3,(H,13,16,17)(H,14,15,18). The number of hydrogen-bond donors (Lipinski definition) is 2. The van der Waals surface area contributed by atoms with Gasteiger partial charge in [-0.25, -0.2) is 15.0 Å². The summed E-state index contributed by atoms with van der Waals surface area (Å²) < 4.78 is 0.918. The van der Waals surface area contributed by atoms with Crippen molar-refractivity contribution in [1.29, 1.82) is 0 Å².